The molecule has 25 heavy (non-hydrogen) atoms. The summed E-state index contributed by atoms with van der Waals surface area (Å²) < 4.78 is 1.77. The fourth-order valence-electron chi connectivity index (χ4n) is 4.21. The molecule has 3 heterocycles. The molecule has 132 valence electrons. The number of aromatic nitrogens is 4. The molecule has 2 aliphatic rings. The Hall–Kier alpha value is -2.44. The number of rotatable bonds is 2. The van der Waals surface area contributed by atoms with E-state index in [1.807, 2.05) is 25.7 Å². The lowest BCUT2D eigenvalue weighted by Gasteiger charge is -2.25. The number of hydrogen-bond donors (Lipinski definition) is 1. The van der Waals surface area contributed by atoms with Gasteiger partial charge in [-0.05, 0) is 45.6 Å². The van der Waals surface area contributed by atoms with Gasteiger partial charge in [-0.3, -0.25) is 14.3 Å². The number of H-pyrrole nitrogens is 1. The quantitative estimate of drug-likeness (QED) is 0.900. The average Bonchev–Trinajstić information content (AvgIpc) is 3.21. The van der Waals surface area contributed by atoms with Crippen LogP contribution >= 0.6 is 0 Å². The standard InChI is InChI=1S/C18H23N5O2/c1-10(2)23-15(6-7-19-23)18(25)22-8-12-4-5-13-16(14(12)9-22)20-11(3)21-17(13)24/h6-7,10,12,14H,4-5,8-9H2,1-3H3,(H,20,21,24)/t12-,14+/m1/s1. The van der Waals surface area contributed by atoms with Gasteiger partial charge >= 0.3 is 0 Å². The van der Waals surface area contributed by atoms with Gasteiger partial charge in [0.25, 0.3) is 11.5 Å². The van der Waals surface area contributed by atoms with Crippen LogP contribution in [0.1, 0.15) is 59.8 Å². The van der Waals surface area contributed by atoms with E-state index in [4.69, 9.17) is 0 Å². The van der Waals surface area contributed by atoms with E-state index in [0.29, 0.717) is 24.0 Å². The van der Waals surface area contributed by atoms with Gasteiger partial charge in [0.15, 0.2) is 0 Å². The van der Waals surface area contributed by atoms with Crippen molar-refractivity contribution >= 4 is 5.91 Å². The van der Waals surface area contributed by atoms with Gasteiger partial charge in [0.05, 0.1) is 5.69 Å². The number of carbonyl (C=O) groups is 1. The van der Waals surface area contributed by atoms with Gasteiger partial charge in [-0.2, -0.15) is 5.10 Å². The van der Waals surface area contributed by atoms with E-state index in [-0.39, 0.29) is 23.4 Å². The topological polar surface area (TPSA) is 83.9 Å². The summed E-state index contributed by atoms with van der Waals surface area (Å²) in [4.78, 5) is 34.5. The fourth-order valence-corrected chi connectivity index (χ4v) is 4.21. The predicted molar refractivity (Wildman–Crippen MR) is 92.7 cm³/mol. The molecular weight excluding hydrogens is 318 g/mol. The maximum atomic E-state index is 13.0. The number of aryl methyl sites for hydroxylation is 1. The zero-order valence-corrected chi connectivity index (χ0v) is 14.8. The van der Waals surface area contributed by atoms with Gasteiger partial charge in [-0.15, -0.1) is 0 Å². The van der Waals surface area contributed by atoms with Crippen molar-refractivity contribution in [3.05, 3.63) is 45.4 Å². The Labute approximate surface area is 146 Å². The summed E-state index contributed by atoms with van der Waals surface area (Å²) in [6.07, 6.45) is 3.35. The van der Waals surface area contributed by atoms with Crippen LogP contribution < -0.4 is 5.56 Å². The average molecular weight is 341 g/mol. The first-order valence-corrected chi connectivity index (χ1v) is 8.88. The van der Waals surface area contributed by atoms with Crippen molar-refractivity contribution in [2.45, 2.75) is 45.6 Å². The summed E-state index contributed by atoms with van der Waals surface area (Å²) in [6.45, 7) is 7.19. The van der Waals surface area contributed by atoms with Crippen LogP contribution in [0.15, 0.2) is 17.1 Å². The number of amides is 1. The number of carbonyl (C=O) groups excluding carboxylic acids is 1. The van der Waals surface area contributed by atoms with Gasteiger partial charge in [0.1, 0.15) is 11.5 Å². The van der Waals surface area contributed by atoms with E-state index >= 15 is 0 Å². The van der Waals surface area contributed by atoms with Crippen molar-refractivity contribution in [2.24, 2.45) is 5.92 Å². The molecule has 2 atom stereocenters. The highest BCUT2D eigenvalue weighted by Crippen LogP contribution is 2.39. The van der Waals surface area contributed by atoms with E-state index in [2.05, 4.69) is 15.1 Å². The van der Waals surface area contributed by atoms with Crippen LogP contribution in [0.5, 0.6) is 0 Å². The first kappa shape index (κ1) is 16.1. The van der Waals surface area contributed by atoms with Crippen molar-refractivity contribution in [2.75, 3.05) is 13.1 Å². The molecule has 7 nitrogen and oxygen atoms in total. The third kappa shape index (κ3) is 2.58. The van der Waals surface area contributed by atoms with Gasteiger partial charge in [-0.1, -0.05) is 0 Å². The van der Waals surface area contributed by atoms with Crippen LogP contribution in [0.25, 0.3) is 0 Å². The zero-order chi connectivity index (χ0) is 17.7. The van der Waals surface area contributed by atoms with E-state index in [1.54, 1.807) is 16.9 Å². The second kappa shape index (κ2) is 5.82. The Kier molecular flexibility index (Phi) is 3.74. The summed E-state index contributed by atoms with van der Waals surface area (Å²) in [7, 11) is 0. The lowest BCUT2D eigenvalue weighted by molar-refractivity contribution is 0.0771. The van der Waals surface area contributed by atoms with Gasteiger partial charge < -0.3 is 9.88 Å². The van der Waals surface area contributed by atoms with Crippen molar-refractivity contribution in [1.29, 1.82) is 0 Å². The molecule has 0 bridgehead atoms. The molecule has 0 spiro atoms. The molecule has 1 amide bonds. The van der Waals surface area contributed by atoms with Gasteiger partial charge in [0, 0.05) is 36.8 Å². The summed E-state index contributed by atoms with van der Waals surface area (Å²) in [5.41, 5.74) is 2.30. The Bertz CT molecular complexity index is 882. The van der Waals surface area contributed by atoms with E-state index in [1.165, 1.54) is 0 Å². The molecule has 1 aliphatic heterocycles. The number of fused-ring (bicyclic) bond motifs is 3. The third-order valence-electron chi connectivity index (χ3n) is 5.39. The van der Waals surface area contributed by atoms with Crippen molar-refractivity contribution in [3.63, 3.8) is 0 Å². The molecule has 0 aromatic carbocycles. The van der Waals surface area contributed by atoms with Crippen molar-refractivity contribution < 1.29 is 4.79 Å². The predicted octanol–water partition coefficient (Wildman–Crippen LogP) is 1.66. The summed E-state index contributed by atoms with van der Waals surface area (Å²) in [6, 6.07) is 1.92. The highest BCUT2D eigenvalue weighted by molar-refractivity contribution is 5.92. The second-order valence-electron chi connectivity index (χ2n) is 7.39. The number of aromatic amines is 1. The van der Waals surface area contributed by atoms with Crippen LogP contribution in [0, 0.1) is 12.8 Å². The highest BCUT2D eigenvalue weighted by Gasteiger charge is 2.41. The molecule has 0 saturated carbocycles. The Morgan fingerprint density at radius 3 is 2.92 bits per heavy atom. The van der Waals surface area contributed by atoms with E-state index < -0.39 is 0 Å². The Morgan fingerprint density at radius 2 is 2.16 bits per heavy atom. The molecular formula is C18H23N5O2. The fraction of sp³-hybridized carbons (Fsp3) is 0.556. The molecule has 1 aliphatic carbocycles. The number of nitrogens with zero attached hydrogens (tertiary/aromatic N) is 4. The first-order valence-electron chi connectivity index (χ1n) is 8.88. The zero-order valence-electron chi connectivity index (χ0n) is 14.8. The molecule has 4 rings (SSSR count). The SMILES string of the molecule is Cc1nc2c(c(=O)[nH]1)CC[C@@H]1CN(C(=O)c3ccnn3C(C)C)C[C@H]21. The largest absolute Gasteiger partial charge is 0.336 e. The highest BCUT2D eigenvalue weighted by atomic mass is 16.2. The van der Waals surface area contributed by atoms with E-state index in [0.717, 1.165) is 30.6 Å². The minimum atomic E-state index is -0.0244. The normalized spacial score (nSPS) is 22.2. The first-order chi connectivity index (χ1) is 12.0. The maximum Gasteiger partial charge on any atom is 0.272 e. The van der Waals surface area contributed by atoms with Crippen molar-refractivity contribution in [3.8, 4) is 0 Å². The second-order valence-corrected chi connectivity index (χ2v) is 7.39. The number of hydrogen-bond acceptors (Lipinski definition) is 4. The maximum absolute atomic E-state index is 13.0. The molecule has 1 saturated heterocycles. The van der Waals surface area contributed by atoms with Gasteiger partial charge in [-0.25, -0.2) is 4.98 Å². The smallest absolute Gasteiger partial charge is 0.272 e. The minimum absolute atomic E-state index is 0.0173. The van der Waals surface area contributed by atoms with Crippen LogP contribution in [0.3, 0.4) is 0 Å². The third-order valence-corrected chi connectivity index (χ3v) is 5.39. The summed E-state index contributed by atoms with van der Waals surface area (Å²) in [5, 5.41) is 4.27. The molecule has 1 N–H and O–H groups in total. The number of likely N-dealkylation sites (tertiary alicyclic amines) is 1. The minimum Gasteiger partial charge on any atom is -0.336 e. The van der Waals surface area contributed by atoms with Gasteiger partial charge in [0.2, 0.25) is 0 Å². The lowest BCUT2D eigenvalue weighted by atomic mass is 9.80. The summed E-state index contributed by atoms with van der Waals surface area (Å²) >= 11 is 0. The lowest BCUT2D eigenvalue weighted by Crippen LogP contribution is -2.31. The molecule has 0 radical (unpaired) electrons. The molecule has 7 heteroatoms. The van der Waals surface area contributed by atoms with Crippen LogP contribution in [-0.4, -0.2) is 43.6 Å². The molecule has 0 unspecified atom stereocenters. The van der Waals surface area contributed by atoms with Crippen LogP contribution in [0.2, 0.25) is 0 Å². The monoisotopic (exact) mass is 341 g/mol. The molecule has 2 aromatic heterocycles. The van der Waals surface area contributed by atoms with Crippen LogP contribution in [0.4, 0.5) is 0 Å². The number of nitrogens with one attached hydrogen (secondary N) is 1. The Morgan fingerprint density at radius 1 is 1.36 bits per heavy atom. The van der Waals surface area contributed by atoms with E-state index in [9.17, 15) is 9.59 Å². The Balaban J connectivity index is 1.64. The molecule has 2 aromatic rings. The van der Waals surface area contributed by atoms with Crippen molar-refractivity contribution in [1.82, 2.24) is 24.6 Å². The summed E-state index contributed by atoms with van der Waals surface area (Å²) in [5.74, 6) is 1.19. The van der Waals surface area contributed by atoms with Crippen LogP contribution in [-0.2, 0) is 6.42 Å². The molecule has 1 fully saturated rings.